The molecule has 1 fully saturated rings. The summed E-state index contributed by atoms with van der Waals surface area (Å²) in [5, 5.41) is 0. The summed E-state index contributed by atoms with van der Waals surface area (Å²) in [6.45, 7) is 7.27. The summed E-state index contributed by atoms with van der Waals surface area (Å²) in [5.41, 5.74) is 3.22. The van der Waals surface area contributed by atoms with Crippen LogP contribution in [0.15, 0.2) is 60.7 Å². The molecule has 0 saturated carbocycles. The Morgan fingerprint density at radius 2 is 1.48 bits per heavy atom. The van der Waals surface area contributed by atoms with Crippen LogP contribution in [0.5, 0.6) is 0 Å². The van der Waals surface area contributed by atoms with E-state index in [-0.39, 0.29) is 0 Å². The summed E-state index contributed by atoms with van der Waals surface area (Å²) in [6.07, 6.45) is 4.88. The van der Waals surface area contributed by atoms with Gasteiger partial charge in [0.1, 0.15) is 0 Å². The lowest BCUT2D eigenvalue weighted by Gasteiger charge is -2.42. The van der Waals surface area contributed by atoms with E-state index in [1.807, 2.05) is 0 Å². The van der Waals surface area contributed by atoms with E-state index in [0.717, 1.165) is 26.2 Å². The fourth-order valence-corrected chi connectivity index (χ4v) is 3.87. The Morgan fingerprint density at radius 1 is 0.880 bits per heavy atom. The third-order valence-corrected chi connectivity index (χ3v) is 5.56. The normalized spacial score (nSPS) is 17.5. The molecule has 0 amide bonds. The van der Waals surface area contributed by atoms with E-state index in [9.17, 15) is 0 Å². The Bertz CT molecular complexity index is 603. The SMILES string of the molecule is CCOCC1(CCc2ccccc2)CCN(Cc2ccccc2)CC1. The van der Waals surface area contributed by atoms with Crippen molar-refractivity contribution in [2.75, 3.05) is 26.3 Å². The standard InChI is InChI=1S/C23H31NO/c1-2-25-20-23(14-13-21-9-5-3-6-10-21)15-17-24(18-16-23)19-22-11-7-4-8-12-22/h3-12H,2,13-20H2,1H3. The molecular weight excluding hydrogens is 306 g/mol. The smallest absolute Gasteiger partial charge is 0.0523 e. The summed E-state index contributed by atoms with van der Waals surface area (Å²) in [6, 6.07) is 21.7. The molecule has 0 unspecified atom stereocenters. The highest BCUT2D eigenvalue weighted by atomic mass is 16.5. The number of hydrogen-bond acceptors (Lipinski definition) is 2. The fourth-order valence-electron chi connectivity index (χ4n) is 3.87. The average molecular weight is 338 g/mol. The lowest BCUT2D eigenvalue weighted by atomic mass is 9.74. The Labute approximate surface area is 152 Å². The van der Waals surface area contributed by atoms with E-state index in [4.69, 9.17) is 4.74 Å². The molecule has 25 heavy (non-hydrogen) atoms. The van der Waals surface area contributed by atoms with Gasteiger partial charge in [-0.15, -0.1) is 0 Å². The molecule has 2 aromatic carbocycles. The van der Waals surface area contributed by atoms with Crippen LogP contribution in [0, 0.1) is 5.41 Å². The van der Waals surface area contributed by atoms with Crippen LogP contribution in [0.1, 0.15) is 37.3 Å². The molecule has 2 aromatic rings. The molecule has 0 N–H and O–H groups in total. The molecule has 0 spiro atoms. The van der Waals surface area contributed by atoms with Crippen LogP contribution in [0.3, 0.4) is 0 Å². The molecule has 2 nitrogen and oxygen atoms in total. The molecule has 0 bridgehead atoms. The van der Waals surface area contributed by atoms with Crippen molar-refractivity contribution in [3.05, 3.63) is 71.8 Å². The minimum absolute atomic E-state index is 0.346. The average Bonchev–Trinajstić information content (AvgIpc) is 2.68. The van der Waals surface area contributed by atoms with Gasteiger partial charge in [0.2, 0.25) is 0 Å². The van der Waals surface area contributed by atoms with Crippen LogP contribution in [-0.4, -0.2) is 31.2 Å². The number of piperidine rings is 1. The first-order valence-corrected chi connectivity index (χ1v) is 9.68. The molecule has 1 heterocycles. The molecule has 0 atom stereocenters. The van der Waals surface area contributed by atoms with Crippen LogP contribution in [0.25, 0.3) is 0 Å². The van der Waals surface area contributed by atoms with E-state index < -0.39 is 0 Å². The quantitative estimate of drug-likeness (QED) is 0.676. The maximum atomic E-state index is 5.90. The first kappa shape index (κ1) is 18.2. The van der Waals surface area contributed by atoms with Crippen molar-refractivity contribution in [1.29, 1.82) is 0 Å². The number of aryl methyl sites for hydroxylation is 1. The van der Waals surface area contributed by atoms with Crippen LogP contribution in [0.2, 0.25) is 0 Å². The van der Waals surface area contributed by atoms with Crippen LogP contribution in [-0.2, 0) is 17.7 Å². The van der Waals surface area contributed by atoms with Gasteiger partial charge in [0.05, 0.1) is 6.61 Å². The zero-order valence-corrected chi connectivity index (χ0v) is 15.5. The number of benzene rings is 2. The first-order chi connectivity index (χ1) is 12.3. The van der Waals surface area contributed by atoms with Crippen molar-refractivity contribution in [3.8, 4) is 0 Å². The minimum Gasteiger partial charge on any atom is -0.381 e. The van der Waals surface area contributed by atoms with E-state index in [1.165, 1.54) is 43.5 Å². The maximum absolute atomic E-state index is 5.90. The van der Waals surface area contributed by atoms with Gasteiger partial charge in [0.15, 0.2) is 0 Å². The molecule has 1 aliphatic rings. The van der Waals surface area contributed by atoms with Crippen molar-refractivity contribution in [1.82, 2.24) is 4.90 Å². The number of hydrogen-bond donors (Lipinski definition) is 0. The van der Waals surface area contributed by atoms with E-state index in [1.54, 1.807) is 0 Å². The Balaban J connectivity index is 1.56. The van der Waals surface area contributed by atoms with Gasteiger partial charge in [-0.2, -0.15) is 0 Å². The molecule has 3 rings (SSSR count). The predicted molar refractivity (Wildman–Crippen MR) is 105 cm³/mol. The highest BCUT2D eigenvalue weighted by molar-refractivity contribution is 5.16. The molecule has 0 radical (unpaired) electrons. The molecule has 0 aromatic heterocycles. The predicted octanol–water partition coefficient (Wildman–Crippen LogP) is 4.94. The largest absolute Gasteiger partial charge is 0.381 e. The number of rotatable bonds is 8. The van der Waals surface area contributed by atoms with Crippen LogP contribution in [0.4, 0.5) is 0 Å². The summed E-state index contributed by atoms with van der Waals surface area (Å²) >= 11 is 0. The van der Waals surface area contributed by atoms with Crippen molar-refractivity contribution in [3.63, 3.8) is 0 Å². The van der Waals surface area contributed by atoms with Crippen molar-refractivity contribution >= 4 is 0 Å². The minimum atomic E-state index is 0.346. The highest BCUT2D eigenvalue weighted by Crippen LogP contribution is 2.37. The lowest BCUT2D eigenvalue weighted by Crippen LogP contribution is -2.42. The van der Waals surface area contributed by atoms with Gasteiger partial charge < -0.3 is 4.74 Å². The fraction of sp³-hybridized carbons (Fsp3) is 0.478. The van der Waals surface area contributed by atoms with Gasteiger partial charge in [-0.25, -0.2) is 0 Å². The third-order valence-electron chi connectivity index (χ3n) is 5.56. The molecular formula is C23H31NO. The first-order valence-electron chi connectivity index (χ1n) is 9.68. The molecule has 0 aliphatic carbocycles. The summed E-state index contributed by atoms with van der Waals surface area (Å²) in [4.78, 5) is 2.60. The highest BCUT2D eigenvalue weighted by Gasteiger charge is 2.34. The molecule has 134 valence electrons. The summed E-state index contributed by atoms with van der Waals surface area (Å²) in [7, 11) is 0. The molecule has 2 heteroatoms. The lowest BCUT2D eigenvalue weighted by molar-refractivity contribution is -0.00232. The second kappa shape index (κ2) is 9.17. The Hall–Kier alpha value is -1.64. The van der Waals surface area contributed by atoms with E-state index in [0.29, 0.717) is 5.41 Å². The van der Waals surface area contributed by atoms with E-state index >= 15 is 0 Å². The second-order valence-electron chi connectivity index (χ2n) is 7.38. The zero-order chi connectivity index (χ0) is 17.4. The number of ether oxygens (including phenoxy) is 1. The van der Waals surface area contributed by atoms with Gasteiger partial charge in [-0.3, -0.25) is 4.90 Å². The van der Waals surface area contributed by atoms with Gasteiger partial charge in [-0.05, 0) is 62.2 Å². The number of nitrogens with zero attached hydrogens (tertiary/aromatic N) is 1. The number of likely N-dealkylation sites (tertiary alicyclic amines) is 1. The van der Waals surface area contributed by atoms with Gasteiger partial charge in [0.25, 0.3) is 0 Å². The third kappa shape index (κ3) is 5.42. The molecule has 1 saturated heterocycles. The van der Waals surface area contributed by atoms with Crippen molar-refractivity contribution in [2.24, 2.45) is 5.41 Å². The Kier molecular flexibility index (Phi) is 6.66. The second-order valence-corrected chi connectivity index (χ2v) is 7.38. The monoisotopic (exact) mass is 337 g/mol. The topological polar surface area (TPSA) is 12.5 Å². The Morgan fingerprint density at radius 3 is 2.08 bits per heavy atom. The van der Waals surface area contributed by atoms with Gasteiger partial charge >= 0.3 is 0 Å². The van der Waals surface area contributed by atoms with Gasteiger partial charge in [0, 0.05) is 13.2 Å². The summed E-state index contributed by atoms with van der Waals surface area (Å²) < 4.78 is 5.90. The van der Waals surface area contributed by atoms with Crippen LogP contribution >= 0.6 is 0 Å². The van der Waals surface area contributed by atoms with E-state index in [2.05, 4.69) is 72.5 Å². The molecule has 1 aliphatic heterocycles. The van der Waals surface area contributed by atoms with Gasteiger partial charge in [-0.1, -0.05) is 60.7 Å². The van der Waals surface area contributed by atoms with Crippen LogP contribution < -0.4 is 0 Å². The van der Waals surface area contributed by atoms with Crippen molar-refractivity contribution in [2.45, 2.75) is 39.2 Å². The summed E-state index contributed by atoms with van der Waals surface area (Å²) in [5.74, 6) is 0. The zero-order valence-electron chi connectivity index (χ0n) is 15.5. The maximum Gasteiger partial charge on any atom is 0.0523 e. The van der Waals surface area contributed by atoms with Crippen molar-refractivity contribution < 1.29 is 4.74 Å².